The van der Waals surface area contributed by atoms with Crippen LogP contribution in [0, 0.1) is 0 Å². The molecule has 2 rings (SSSR count). The van der Waals surface area contributed by atoms with Crippen molar-refractivity contribution in [1.82, 2.24) is 0 Å². The van der Waals surface area contributed by atoms with Crippen LogP contribution in [-0.2, 0) is 0 Å². The van der Waals surface area contributed by atoms with Crippen molar-refractivity contribution in [2.75, 3.05) is 19.8 Å². The molecular weight excluding hydrogens is 380 g/mol. The Balaban J connectivity index is 1.72. The van der Waals surface area contributed by atoms with Gasteiger partial charge in [-0.2, -0.15) is 0 Å². The molecule has 0 aliphatic carbocycles. The van der Waals surface area contributed by atoms with E-state index in [2.05, 4.69) is 6.92 Å². The zero-order valence-electron chi connectivity index (χ0n) is 18.0. The van der Waals surface area contributed by atoms with E-state index in [1.165, 1.54) is 19.3 Å². The summed E-state index contributed by atoms with van der Waals surface area (Å²) in [6.45, 7) is 3.76. The minimum Gasteiger partial charge on any atom is -0.494 e. The molecule has 0 spiro atoms. The molecule has 0 radical (unpaired) electrons. The van der Waals surface area contributed by atoms with E-state index in [9.17, 15) is 4.79 Å². The van der Waals surface area contributed by atoms with Crippen molar-refractivity contribution >= 4 is 5.97 Å². The molecule has 0 aromatic heterocycles. The molecule has 164 valence electrons. The third kappa shape index (κ3) is 9.31. The van der Waals surface area contributed by atoms with E-state index in [1.54, 1.807) is 36.4 Å². The summed E-state index contributed by atoms with van der Waals surface area (Å²) in [6.07, 6.45) is 8.51. The van der Waals surface area contributed by atoms with Crippen LogP contribution in [0.2, 0.25) is 0 Å². The van der Waals surface area contributed by atoms with Gasteiger partial charge in [0.05, 0.1) is 18.8 Å². The standard InChI is InChI=1S/C25H34O5/c1-2-3-4-8-19-29-23-14-16-24(17-15-23)30-25(27)21-10-12-22(13-11-21)28-20-9-6-5-7-18-26/h10-17,26H,2-9,18-20H2,1H3. The van der Waals surface area contributed by atoms with Crippen LogP contribution in [0.15, 0.2) is 48.5 Å². The molecule has 0 heterocycles. The molecule has 0 saturated carbocycles. The normalized spacial score (nSPS) is 10.6. The molecule has 0 bridgehead atoms. The number of carbonyl (C=O) groups is 1. The SMILES string of the molecule is CCCCCCOc1ccc(OC(=O)c2ccc(OCCCCCCO)cc2)cc1. The first-order valence-corrected chi connectivity index (χ1v) is 11.0. The molecule has 0 fully saturated rings. The molecule has 0 amide bonds. The molecule has 5 heteroatoms. The van der Waals surface area contributed by atoms with Crippen molar-refractivity contribution in [3.8, 4) is 17.2 Å². The van der Waals surface area contributed by atoms with E-state index < -0.39 is 5.97 Å². The maximum atomic E-state index is 12.3. The largest absolute Gasteiger partial charge is 0.494 e. The Hall–Kier alpha value is -2.53. The summed E-state index contributed by atoms with van der Waals surface area (Å²) in [7, 11) is 0. The van der Waals surface area contributed by atoms with Gasteiger partial charge in [-0.05, 0) is 74.2 Å². The summed E-state index contributed by atoms with van der Waals surface area (Å²) in [5.74, 6) is 1.60. The fourth-order valence-electron chi connectivity index (χ4n) is 2.93. The average molecular weight is 415 g/mol. The number of unbranched alkanes of at least 4 members (excludes halogenated alkanes) is 6. The highest BCUT2D eigenvalue weighted by Crippen LogP contribution is 2.20. The Kier molecular flexibility index (Phi) is 11.4. The van der Waals surface area contributed by atoms with Crippen molar-refractivity contribution in [3.63, 3.8) is 0 Å². The third-order valence-corrected chi connectivity index (χ3v) is 4.71. The minimum atomic E-state index is -0.404. The number of hydrogen-bond donors (Lipinski definition) is 1. The molecule has 2 aromatic carbocycles. The first-order chi connectivity index (χ1) is 14.7. The van der Waals surface area contributed by atoms with Crippen LogP contribution in [0.4, 0.5) is 0 Å². The van der Waals surface area contributed by atoms with Gasteiger partial charge in [0.15, 0.2) is 0 Å². The zero-order chi connectivity index (χ0) is 21.4. The van der Waals surface area contributed by atoms with Gasteiger partial charge in [-0.3, -0.25) is 0 Å². The lowest BCUT2D eigenvalue weighted by Gasteiger charge is -2.09. The minimum absolute atomic E-state index is 0.246. The maximum Gasteiger partial charge on any atom is 0.343 e. The molecule has 30 heavy (non-hydrogen) atoms. The molecule has 2 aromatic rings. The highest BCUT2D eigenvalue weighted by molar-refractivity contribution is 5.91. The van der Waals surface area contributed by atoms with Crippen LogP contribution in [0.1, 0.15) is 68.6 Å². The van der Waals surface area contributed by atoms with E-state index in [1.807, 2.05) is 12.1 Å². The second kappa shape index (κ2) is 14.5. The van der Waals surface area contributed by atoms with Crippen molar-refractivity contribution < 1.29 is 24.1 Å². The van der Waals surface area contributed by atoms with Crippen molar-refractivity contribution in [2.24, 2.45) is 0 Å². The van der Waals surface area contributed by atoms with Crippen LogP contribution >= 0.6 is 0 Å². The van der Waals surface area contributed by atoms with Gasteiger partial charge in [0.2, 0.25) is 0 Å². The van der Waals surface area contributed by atoms with Gasteiger partial charge in [-0.25, -0.2) is 4.79 Å². The molecular formula is C25H34O5. The molecule has 0 aliphatic rings. The quantitative estimate of drug-likeness (QED) is 0.227. The molecule has 5 nitrogen and oxygen atoms in total. The molecule has 0 aliphatic heterocycles. The summed E-state index contributed by atoms with van der Waals surface area (Å²) < 4.78 is 16.8. The summed E-state index contributed by atoms with van der Waals surface area (Å²) in [4.78, 5) is 12.3. The number of esters is 1. The van der Waals surface area contributed by atoms with E-state index in [0.29, 0.717) is 24.5 Å². The Bertz CT molecular complexity index is 709. The highest BCUT2D eigenvalue weighted by Gasteiger charge is 2.09. The topological polar surface area (TPSA) is 65.0 Å². The lowest BCUT2D eigenvalue weighted by molar-refractivity contribution is 0.0734. The zero-order valence-corrected chi connectivity index (χ0v) is 18.0. The Labute approximate surface area is 180 Å². The first kappa shape index (κ1) is 23.7. The van der Waals surface area contributed by atoms with E-state index in [0.717, 1.165) is 43.6 Å². The fraction of sp³-hybridized carbons (Fsp3) is 0.480. The molecule has 1 N–H and O–H groups in total. The average Bonchev–Trinajstić information content (AvgIpc) is 2.77. The van der Waals surface area contributed by atoms with Crippen LogP contribution < -0.4 is 14.2 Å². The van der Waals surface area contributed by atoms with Gasteiger partial charge >= 0.3 is 5.97 Å². The Morgan fingerprint density at radius 2 is 1.20 bits per heavy atom. The summed E-state index contributed by atoms with van der Waals surface area (Å²) in [6, 6.07) is 14.1. The molecule has 0 saturated heterocycles. The van der Waals surface area contributed by atoms with Crippen molar-refractivity contribution in [2.45, 2.75) is 58.3 Å². The number of rotatable bonds is 15. The second-order valence-corrected chi connectivity index (χ2v) is 7.28. The monoisotopic (exact) mass is 414 g/mol. The van der Waals surface area contributed by atoms with E-state index in [4.69, 9.17) is 19.3 Å². The molecule has 0 atom stereocenters. The van der Waals surface area contributed by atoms with E-state index >= 15 is 0 Å². The Morgan fingerprint density at radius 3 is 1.77 bits per heavy atom. The van der Waals surface area contributed by atoms with Crippen LogP contribution in [-0.4, -0.2) is 30.9 Å². The van der Waals surface area contributed by atoms with Crippen LogP contribution in [0.3, 0.4) is 0 Å². The third-order valence-electron chi connectivity index (χ3n) is 4.71. The van der Waals surface area contributed by atoms with Crippen LogP contribution in [0.5, 0.6) is 17.2 Å². The number of aliphatic hydroxyl groups is 1. The van der Waals surface area contributed by atoms with Crippen molar-refractivity contribution in [3.05, 3.63) is 54.1 Å². The second-order valence-electron chi connectivity index (χ2n) is 7.28. The molecule has 0 unspecified atom stereocenters. The van der Waals surface area contributed by atoms with Gasteiger partial charge in [0, 0.05) is 6.61 Å². The van der Waals surface area contributed by atoms with Crippen LogP contribution in [0.25, 0.3) is 0 Å². The fourth-order valence-corrected chi connectivity index (χ4v) is 2.93. The first-order valence-electron chi connectivity index (χ1n) is 11.0. The van der Waals surface area contributed by atoms with Crippen molar-refractivity contribution in [1.29, 1.82) is 0 Å². The van der Waals surface area contributed by atoms with Gasteiger partial charge in [-0.15, -0.1) is 0 Å². The van der Waals surface area contributed by atoms with E-state index in [-0.39, 0.29) is 6.61 Å². The number of ether oxygens (including phenoxy) is 3. The summed E-state index contributed by atoms with van der Waals surface area (Å²) >= 11 is 0. The number of hydrogen-bond acceptors (Lipinski definition) is 5. The lowest BCUT2D eigenvalue weighted by Crippen LogP contribution is -2.08. The highest BCUT2D eigenvalue weighted by atomic mass is 16.5. The number of benzene rings is 2. The summed E-state index contributed by atoms with van der Waals surface area (Å²) in [5.41, 5.74) is 0.474. The smallest absolute Gasteiger partial charge is 0.343 e. The van der Waals surface area contributed by atoms with Gasteiger partial charge < -0.3 is 19.3 Å². The van der Waals surface area contributed by atoms with Gasteiger partial charge in [0.25, 0.3) is 0 Å². The number of carbonyl (C=O) groups excluding carboxylic acids is 1. The predicted molar refractivity (Wildman–Crippen MR) is 119 cm³/mol. The lowest BCUT2D eigenvalue weighted by atomic mass is 10.2. The maximum absolute atomic E-state index is 12.3. The van der Waals surface area contributed by atoms with Gasteiger partial charge in [-0.1, -0.05) is 32.6 Å². The number of aliphatic hydroxyl groups excluding tert-OH is 1. The Morgan fingerprint density at radius 1 is 0.700 bits per heavy atom. The predicted octanol–water partition coefficient (Wildman–Crippen LogP) is 5.80. The van der Waals surface area contributed by atoms with Gasteiger partial charge in [0.1, 0.15) is 17.2 Å². The summed E-state index contributed by atoms with van der Waals surface area (Å²) in [5, 5.41) is 8.76.